The number of nitrogens with one attached hydrogen (secondary N) is 1. The maximum Gasteiger partial charge on any atom is 0.264 e. The van der Waals surface area contributed by atoms with Gasteiger partial charge in [-0.3, -0.25) is 13.9 Å². The van der Waals surface area contributed by atoms with Crippen molar-refractivity contribution in [1.29, 1.82) is 0 Å². The number of rotatable bonds is 10. The molecule has 9 heteroatoms. The summed E-state index contributed by atoms with van der Waals surface area (Å²) in [6.07, 6.45) is 1.92. The lowest BCUT2D eigenvalue weighted by molar-refractivity contribution is -0.140. The van der Waals surface area contributed by atoms with Gasteiger partial charge in [-0.25, -0.2) is 8.42 Å². The minimum atomic E-state index is -4.10. The van der Waals surface area contributed by atoms with E-state index < -0.39 is 34.1 Å². The molecule has 1 atom stereocenters. The van der Waals surface area contributed by atoms with Gasteiger partial charge < -0.3 is 10.2 Å². The Balaban J connectivity index is 2.03. The van der Waals surface area contributed by atoms with E-state index in [0.717, 1.165) is 25.9 Å². The summed E-state index contributed by atoms with van der Waals surface area (Å²) in [5.74, 6) is -0.797. The van der Waals surface area contributed by atoms with E-state index in [0.29, 0.717) is 5.69 Å². The number of benzene rings is 3. The second kappa shape index (κ2) is 12.9. The van der Waals surface area contributed by atoms with E-state index in [-0.39, 0.29) is 17.3 Å². The first-order valence-electron chi connectivity index (χ1n) is 13.1. The fourth-order valence-electron chi connectivity index (χ4n) is 4.18. The van der Waals surface area contributed by atoms with Crippen molar-refractivity contribution < 1.29 is 18.0 Å². The summed E-state index contributed by atoms with van der Waals surface area (Å²) in [5, 5.41) is 2.94. The van der Waals surface area contributed by atoms with Crippen LogP contribution in [0.4, 0.5) is 5.69 Å². The number of carbonyl (C=O) groups excluding carboxylic acids is 2. The molecule has 0 heterocycles. The van der Waals surface area contributed by atoms with Gasteiger partial charge >= 0.3 is 0 Å². The van der Waals surface area contributed by atoms with E-state index in [9.17, 15) is 18.0 Å². The van der Waals surface area contributed by atoms with E-state index in [2.05, 4.69) is 5.32 Å². The summed E-state index contributed by atoms with van der Waals surface area (Å²) in [7, 11) is -4.10. The van der Waals surface area contributed by atoms with Crippen molar-refractivity contribution in [3.05, 3.63) is 89.5 Å². The van der Waals surface area contributed by atoms with Crippen molar-refractivity contribution in [2.24, 2.45) is 0 Å². The Hall–Kier alpha value is -3.30. The second-order valence-corrected chi connectivity index (χ2v) is 13.7. The van der Waals surface area contributed by atoms with E-state index in [4.69, 9.17) is 0 Å². The molecule has 0 spiro atoms. The predicted octanol–water partition coefficient (Wildman–Crippen LogP) is 5.55. The molecule has 7 nitrogen and oxygen atoms in total. The molecule has 0 aliphatic rings. The molecule has 0 fully saturated rings. The van der Waals surface area contributed by atoms with Gasteiger partial charge in [-0.1, -0.05) is 47.5 Å². The number of aryl methyl sites for hydroxylation is 2. The Morgan fingerprint density at radius 3 is 2.10 bits per heavy atom. The maximum atomic E-state index is 14.0. The molecule has 0 aliphatic heterocycles. The number of sulfonamides is 1. The quantitative estimate of drug-likeness (QED) is 0.317. The molecule has 40 heavy (non-hydrogen) atoms. The van der Waals surface area contributed by atoms with Gasteiger partial charge in [0.05, 0.1) is 10.6 Å². The number of carbonyl (C=O) groups is 2. The van der Waals surface area contributed by atoms with Crippen LogP contribution in [-0.4, -0.2) is 49.5 Å². The van der Waals surface area contributed by atoms with Gasteiger partial charge in [0.1, 0.15) is 12.6 Å². The Morgan fingerprint density at radius 1 is 0.925 bits per heavy atom. The van der Waals surface area contributed by atoms with Crippen LogP contribution < -0.4 is 9.62 Å². The number of hydrogen-bond donors (Lipinski definition) is 1. The van der Waals surface area contributed by atoms with Crippen LogP contribution in [0.5, 0.6) is 0 Å². The molecule has 1 N–H and O–H groups in total. The predicted molar refractivity (Wildman–Crippen MR) is 163 cm³/mol. The number of anilines is 1. The minimum absolute atomic E-state index is 0.0856. The van der Waals surface area contributed by atoms with Crippen LogP contribution in [0.2, 0.25) is 0 Å². The van der Waals surface area contributed by atoms with Crippen molar-refractivity contribution in [2.75, 3.05) is 17.1 Å². The Labute approximate surface area is 243 Å². The Morgan fingerprint density at radius 2 is 1.55 bits per heavy atom. The van der Waals surface area contributed by atoms with Gasteiger partial charge in [0.25, 0.3) is 10.0 Å². The lowest BCUT2D eigenvalue weighted by Crippen LogP contribution is -2.54. The summed E-state index contributed by atoms with van der Waals surface area (Å²) in [5.41, 5.74) is 2.71. The first-order chi connectivity index (χ1) is 18.7. The molecule has 0 saturated heterocycles. The van der Waals surface area contributed by atoms with Crippen LogP contribution in [0, 0.1) is 13.8 Å². The van der Waals surface area contributed by atoms with Crippen molar-refractivity contribution >= 4 is 39.3 Å². The molecule has 3 aromatic carbocycles. The van der Waals surface area contributed by atoms with E-state index in [1.807, 2.05) is 77.3 Å². The Bertz CT molecular complexity index is 1430. The molecule has 0 unspecified atom stereocenters. The molecular weight excluding hydrogens is 542 g/mol. The summed E-state index contributed by atoms with van der Waals surface area (Å²) < 4.78 is 29.0. The van der Waals surface area contributed by atoms with Gasteiger partial charge in [0.15, 0.2) is 0 Å². The van der Waals surface area contributed by atoms with Crippen LogP contribution in [0.25, 0.3) is 0 Å². The SMILES string of the molecule is CSc1ccc(S(=O)(=O)N(CC(=O)N(Cc2cccc(C)c2)[C@H](C)C(=O)NC(C)(C)C)c2ccc(C)cc2)cc1. The van der Waals surface area contributed by atoms with Crippen molar-refractivity contribution in [3.63, 3.8) is 0 Å². The van der Waals surface area contributed by atoms with Crippen LogP contribution in [0.15, 0.2) is 82.6 Å². The maximum absolute atomic E-state index is 14.0. The molecule has 0 bridgehead atoms. The first-order valence-corrected chi connectivity index (χ1v) is 15.8. The van der Waals surface area contributed by atoms with E-state index in [1.165, 1.54) is 16.7 Å². The van der Waals surface area contributed by atoms with Crippen molar-refractivity contribution in [3.8, 4) is 0 Å². The smallest absolute Gasteiger partial charge is 0.264 e. The molecule has 0 aromatic heterocycles. The van der Waals surface area contributed by atoms with Crippen molar-refractivity contribution in [2.45, 2.75) is 69.5 Å². The first kappa shape index (κ1) is 31.2. The lowest BCUT2D eigenvalue weighted by Gasteiger charge is -2.33. The molecule has 3 aromatic rings. The van der Waals surface area contributed by atoms with Crippen molar-refractivity contribution in [1.82, 2.24) is 10.2 Å². The highest BCUT2D eigenvalue weighted by molar-refractivity contribution is 7.98. The zero-order chi connectivity index (χ0) is 29.7. The average molecular weight is 582 g/mol. The highest BCUT2D eigenvalue weighted by atomic mass is 32.2. The fourth-order valence-corrected chi connectivity index (χ4v) is 6.00. The second-order valence-electron chi connectivity index (χ2n) is 10.9. The molecule has 214 valence electrons. The lowest BCUT2D eigenvalue weighted by atomic mass is 10.1. The van der Waals surface area contributed by atoms with Crippen LogP contribution in [-0.2, 0) is 26.2 Å². The number of hydrogen-bond acceptors (Lipinski definition) is 5. The summed E-state index contributed by atoms with van der Waals surface area (Å²) >= 11 is 1.51. The summed E-state index contributed by atoms with van der Waals surface area (Å²) in [6.45, 7) is 10.8. The average Bonchev–Trinajstić information content (AvgIpc) is 2.89. The molecule has 0 saturated carbocycles. The highest BCUT2D eigenvalue weighted by Gasteiger charge is 2.33. The zero-order valence-electron chi connectivity index (χ0n) is 24.3. The summed E-state index contributed by atoms with van der Waals surface area (Å²) in [4.78, 5) is 29.7. The Kier molecular flexibility index (Phi) is 10.1. The van der Waals surface area contributed by atoms with Crippen LogP contribution in [0.1, 0.15) is 44.4 Å². The molecular formula is C31H39N3O4S2. The van der Waals surface area contributed by atoms with Crippen LogP contribution in [0.3, 0.4) is 0 Å². The topological polar surface area (TPSA) is 86.8 Å². The third kappa shape index (κ3) is 8.11. The van der Waals surface area contributed by atoms with Gasteiger partial charge in [-0.2, -0.15) is 0 Å². The largest absolute Gasteiger partial charge is 0.350 e. The van der Waals surface area contributed by atoms with Gasteiger partial charge in [0, 0.05) is 17.0 Å². The monoisotopic (exact) mass is 581 g/mol. The standard InChI is InChI=1S/C31H39N3O4S2/c1-22-11-13-26(14-12-22)34(40(37,38)28-17-15-27(39-7)16-18-28)21-29(35)33(20-25-10-8-9-23(2)19-25)24(3)30(36)32-31(4,5)6/h8-19,24H,20-21H2,1-7H3,(H,32,36)/t24-/m1/s1. The zero-order valence-corrected chi connectivity index (χ0v) is 25.9. The third-order valence-electron chi connectivity index (χ3n) is 6.35. The third-order valence-corrected chi connectivity index (χ3v) is 8.88. The normalized spacial score (nSPS) is 12.5. The number of nitrogens with zero attached hydrogens (tertiary/aromatic N) is 2. The highest BCUT2D eigenvalue weighted by Crippen LogP contribution is 2.26. The molecule has 0 radical (unpaired) electrons. The number of thioether (sulfide) groups is 1. The van der Waals surface area contributed by atoms with E-state index >= 15 is 0 Å². The van der Waals surface area contributed by atoms with Gasteiger partial charge in [0.2, 0.25) is 11.8 Å². The molecule has 2 amide bonds. The van der Waals surface area contributed by atoms with Gasteiger partial charge in [-0.05, 0) is 89.8 Å². The molecule has 0 aliphatic carbocycles. The summed E-state index contributed by atoms with van der Waals surface area (Å²) in [6, 6.07) is 20.5. The number of amides is 2. The minimum Gasteiger partial charge on any atom is -0.350 e. The van der Waals surface area contributed by atoms with E-state index in [1.54, 1.807) is 43.3 Å². The molecule has 3 rings (SSSR count). The van der Waals surface area contributed by atoms with Gasteiger partial charge in [-0.15, -0.1) is 11.8 Å². The van der Waals surface area contributed by atoms with Crippen LogP contribution >= 0.6 is 11.8 Å². The fraction of sp³-hybridized carbons (Fsp3) is 0.355.